The third-order valence-corrected chi connectivity index (χ3v) is 8.21. The first-order valence-electron chi connectivity index (χ1n) is 12.9. The number of aryl methyl sites for hydroxylation is 2. The molecular formula is C33H29NO4. The summed E-state index contributed by atoms with van der Waals surface area (Å²) in [5, 5.41) is 0. The molecule has 4 atom stereocenters. The maximum atomic E-state index is 14.0. The van der Waals surface area contributed by atoms with Gasteiger partial charge >= 0.3 is 0 Å². The van der Waals surface area contributed by atoms with Crippen molar-refractivity contribution < 1.29 is 19.1 Å². The van der Waals surface area contributed by atoms with Gasteiger partial charge in [0.25, 0.3) is 0 Å². The SMILES string of the molecule is COc1ccc(C(C)=O)cc1N1C(=O)[C@@H]2[C@@H](C1=O)[C@H]1C=C[C@H]2C1=C(c1ccc(C)cc1)c1ccc(C)cc1. The van der Waals surface area contributed by atoms with E-state index in [2.05, 4.69) is 74.5 Å². The minimum Gasteiger partial charge on any atom is -0.495 e. The van der Waals surface area contributed by atoms with Gasteiger partial charge in [0.2, 0.25) is 11.8 Å². The summed E-state index contributed by atoms with van der Waals surface area (Å²) >= 11 is 0. The van der Waals surface area contributed by atoms with E-state index in [9.17, 15) is 14.4 Å². The number of carbonyl (C=O) groups is 3. The molecule has 6 rings (SSSR count). The zero-order valence-electron chi connectivity index (χ0n) is 21.9. The van der Waals surface area contributed by atoms with Gasteiger partial charge in [-0.1, -0.05) is 71.8 Å². The largest absolute Gasteiger partial charge is 0.495 e. The van der Waals surface area contributed by atoms with Crippen molar-refractivity contribution in [3.05, 3.63) is 112 Å². The first-order chi connectivity index (χ1) is 18.3. The molecule has 1 heterocycles. The second-order valence-electron chi connectivity index (χ2n) is 10.5. The quantitative estimate of drug-likeness (QED) is 0.246. The number of ketones is 1. The van der Waals surface area contributed by atoms with Crippen LogP contribution in [0.25, 0.3) is 5.57 Å². The predicted molar refractivity (Wildman–Crippen MR) is 147 cm³/mol. The van der Waals surface area contributed by atoms with Crippen LogP contribution < -0.4 is 9.64 Å². The van der Waals surface area contributed by atoms with E-state index in [4.69, 9.17) is 4.74 Å². The average molecular weight is 504 g/mol. The van der Waals surface area contributed by atoms with Gasteiger partial charge in [-0.15, -0.1) is 0 Å². The van der Waals surface area contributed by atoms with Gasteiger partial charge in [0.15, 0.2) is 5.78 Å². The van der Waals surface area contributed by atoms with Gasteiger partial charge in [-0.25, -0.2) is 4.90 Å². The van der Waals surface area contributed by atoms with E-state index in [0.29, 0.717) is 17.0 Å². The average Bonchev–Trinajstić information content (AvgIpc) is 3.55. The Hall–Kier alpha value is -4.25. The van der Waals surface area contributed by atoms with E-state index in [1.165, 1.54) is 30.1 Å². The molecule has 5 nitrogen and oxygen atoms in total. The van der Waals surface area contributed by atoms with Crippen LogP contribution in [0.2, 0.25) is 0 Å². The van der Waals surface area contributed by atoms with E-state index < -0.39 is 11.8 Å². The second-order valence-corrected chi connectivity index (χ2v) is 10.5. The van der Waals surface area contributed by atoms with E-state index in [1.54, 1.807) is 18.2 Å². The minimum absolute atomic E-state index is 0.138. The molecule has 2 bridgehead atoms. The Morgan fingerprint density at radius 2 is 1.21 bits per heavy atom. The number of ether oxygens (including phenoxy) is 1. The summed E-state index contributed by atoms with van der Waals surface area (Å²) in [6.45, 7) is 5.59. The molecule has 2 amide bonds. The van der Waals surface area contributed by atoms with E-state index in [-0.39, 0.29) is 29.4 Å². The molecule has 3 aromatic rings. The molecule has 0 N–H and O–H groups in total. The summed E-state index contributed by atoms with van der Waals surface area (Å²) in [5.41, 5.74) is 7.53. The van der Waals surface area contributed by atoms with Gasteiger partial charge in [-0.05, 0) is 61.2 Å². The van der Waals surface area contributed by atoms with Gasteiger partial charge in [-0.3, -0.25) is 14.4 Å². The summed E-state index contributed by atoms with van der Waals surface area (Å²) in [5.74, 6) is -1.53. The zero-order chi connectivity index (χ0) is 26.7. The number of hydrogen-bond acceptors (Lipinski definition) is 4. The number of hydrogen-bond donors (Lipinski definition) is 0. The molecule has 0 radical (unpaired) electrons. The van der Waals surface area contributed by atoms with E-state index in [1.807, 2.05) is 0 Å². The number of rotatable bonds is 5. The van der Waals surface area contributed by atoms with E-state index in [0.717, 1.165) is 22.3 Å². The molecule has 1 saturated heterocycles. The highest BCUT2D eigenvalue weighted by molar-refractivity contribution is 6.24. The number of methoxy groups -OCH3 is 1. The third kappa shape index (κ3) is 3.57. The molecule has 5 heteroatoms. The van der Waals surface area contributed by atoms with Gasteiger partial charge in [-0.2, -0.15) is 0 Å². The van der Waals surface area contributed by atoms with E-state index >= 15 is 0 Å². The molecule has 38 heavy (non-hydrogen) atoms. The maximum absolute atomic E-state index is 14.0. The third-order valence-electron chi connectivity index (χ3n) is 8.21. The van der Waals surface area contributed by atoms with Crippen LogP contribution in [0.5, 0.6) is 5.75 Å². The summed E-state index contributed by atoms with van der Waals surface area (Å²) in [6.07, 6.45) is 4.20. The lowest BCUT2D eigenvalue weighted by Gasteiger charge is -2.23. The summed E-state index contributed by atoms with van der Waals surface area (Å²) in [6, 6.07) is 21.8. The van der Waals surface area contributed by atoms with Crippen LogP contribution in [0.4, 0.5) is 5.69 Å². The molecule has 1 aliphatic heterocycles. The highest BCUT2D eigenvalue weighted by Gasteiger charge is 2.62. The van der Waals surface area contributed by atoms with Crippen LogP contribution in [-0.2, 0) is 9.59 Å². The number of fused-ring (bicyclic) bond motifs is 5. The van der Waals surface area contributed by atoms with Crippen molar-refractivity contribution in [1.29, 1.82) is 0 Å². The Morgan fingerprint density at radius 1 is 0.737 bits per heavy atom. The number of nitrogens with zero attached hydrogens (tertiary/aromatic N) is 1. The van der Waals surface area contributed by atoms with Crippen LogP contribution in [0.1, 0.15) is 39.5 Å². The lowest BCUT2D eigenvalue weighted by atomic mass is 9.85. The highest BCUT2D eigenvalue weighted by Crippen LogP contribution is 2.59. The second kappa shape index (κ2) is 8.95. The lowest BCUT2D eigenvalue weighted by Crippen LogP contribution is -2.33. The van der Waals surface area contributed by atoms with Crippen LogP contribution in [0.3, 0.4) is 0 Å². The summed E-state index contributed by atoms with van der Waals surface area (Å²) in [4.78, 5) is 41.3. The van der Waals surface area contributed by atoms with Crippen LogP contribution in [-0.4, -0.2) is 24.7 Å². The van der Waals surface area contributed by atoms with Crippen molar-refractivity contribution >= 4 is 28.9 Å². The number of imide groups is 1. The fourth-order valence-corrected chi connectivity index (χ4v) is 6.36. The van der Waals surface area contributed by atoms with Crippen molar-refractivity contribution in [1.82, 2.24) is 0 Å². The molecule has 2 aliphatic carbocycles. The Morgan fingerprint density at radius 3 is 1.66 bits per heavy atom. The molecule has 2 fully saturated rings. The van der Waals surface area contributed by atoms with Crippen LogP contribution in [0.15, 0.2) is 84.5 Å². The van der Waals surface area contributed by atoms with Gasteiger partial charge in [0.1, 0.15) is 5.75 Å². The molecule has 3 aromatic carbocycles. The number of benzene rings is 3. The number of Topliss-reactive ketones (excluding diaryl/α,β-unsaturated/α-hetero) is 1. The van der Waals surface area contributed by atoms with Crippen LogP contribution >= 0.6 is 0 Å². The van der Waals surface area contributed by atoms with Gasteiger partial charge in [0, 0.05) is 17.4 Å². The smallest absolute Gasteiger partial charge is 0.238 e. The van der Waals surface area contributed by atoms with Crippen molar-refractivity contribution in [3.63, 3.8) is 0 Å². The molecule has 0 spiro atoms. The van der Waals surface area contributed by atoms with Gasteiger partial charge in [0.05, 0.1) is 24.6 Å². The minimum atomic E-state index is -0.482. The summed E-state index contributed by atoms with van der Waals surface area (Å²) < 4.78 is 5.49. The predicted octanol–water partition coefficient (Wildman–Crippen LogP) is 5.94. The summed E-state index contributed by atoms with van der Waals surface area (Å²) in [7, 11) is 1.50. The van der Waals surface area contributed by atoms with Crippen molar-refractivity contribution in [2.24, 2.45) is 23.7 Å². The Balaban J connectivity index is 1.48. The molecule has 190 valence electrons. The van der Waals surface area contributed by atoms with Crippen LogP contribution in [0, 0.1) is 37.5 Å². The first-order valence-corrected chi connectivity index (χ1v) is 12.9. The molecule has 1 saturated carbocycles. The Bertz CT molecular complexity index is 1460. The number of allylic oxidation sites excluding steroid dienone is 3. The Kier molecular flexibility index (Phi) is 5.68. The number of anilines is 1. The highest BCUT2D eigenvalue weighted by atomic mass is 16.5. The number of amides is 2. The molecular weight excluding hydrogens is 474 g/mol. The zero-order valence-corrected chi connectivity index (χ0v) is 21.9. The monoisotopic (exact) mass is 503 g/mol. The standard InChI is InChI=1S/C33H29NO4/c1-18-5-9-21(10-6-18)28(22-11-7-19(2)8-12-22)29-24-14-15-25(29)31-30(24)32(36)34(33(31)37)26-17-23(20(3)35)13-16-27(26)38-4/h5-17,24-25,30-31H,1-4H3/t24-,25-,30-,31-/m0/s1. The number of carbonyl (C=O) groups excluding carboxylic acids is 3. The van der Waals surface area contributed by atoms with Crippen molar-refractivity contribution in [3.8, 4) is 5.75 Å². The van der Waals surface area contributed by atoms with Crippen molar-refractivity contribution in [2.75, 3.05) is 12.0 Å². The fourth-order valence-electron chi connectivity index (χ4n) is 6.36. The van der Waals surface area contributed by atoms with Crippen molar-refractivity contribution in [2.45, 2.75) is 20.8 Å². The first kappa shape index (κ1) is 24.1. The van der Waals surface area contributed by atoms with Gasteiger partial charge < -0.3 is 4.74 Å². The fraction of sp³-hybridized carbons (Fsp3) is 0.242. The normalized spacial score (nSPS) is 23.3. The Labute approximate surface area is 222 Å². The maximum Gasteiger partial charge on any atom is 0.238 e. The lowest BCUT2D eigenvalue weighted by molar-refractivity contribution is -0.123. The molecule has 0 aromatic heterocycles. The molecule has 3 aliphatic rings. The molecule has 0 unspecified atom stereocenters. The topological polar surface area (TPSA) is 63.7 Å².